The minimum atomic E-state index is -0.642. The Labute approximate surface area is 277 Å². The van der Waals surface area contributed by atoms with E-state index >= 15 is 0 Å². The summed E-state index contributed by atoms with van der Waals surface area (Å²) in [5.41, 5.74) is 1.30. The number of aromatic hydroxyl groups is 1. The third-order valence-corrected chi connectivity index (χ3v) is 8.27. The molecule has 3 aromatic carbocycles. The number of nitro groups is 1. The standard InChI is InChI=1S/C32H28ClN7O8/c1-18-28(29(36-48-18)21-5-3-4-6-26(21)47-2)31(43)38-13-11-37(12-14-38)24-16-23(25(40(45)46)15-22(24)33)34-30(42)19-7-9-20(10-8-19)39-17-27(41)35-32(39)44/h3-10,15-17,41H,11-14H2,1-2H3,(H,34,42)(H,35,44). The van der Waals surface area contributed by atoms with E-state index < -0.39 is 22.2 Å². The second kappa shape index (κ2) is 13.0. The van der Waals surface area contributed by atoms with E-state index in [1.54, 1.807) is 24.0 Å². The molecule has 2 aromatic heterocycles. The van der Waals surface area contributed by atoms with E-state index in [0.29, 0.717) is 65.9 Å². The molecule has 16 heteroatoms. The Balaban J connectivity index is 1.19. The number of carbonyl (C=O) groups excluding carboxylic acids is 2. The molecule has 48 heavy (non-hydrogen) atoms. The lowest BCUT2D eigenvalue weighted by molar-refractivity contribution is -0.383. The number of ether oxygens (including phenoxy) is 1. The largest absolute Gasteiger partial charge is 0.496 e. The molecule has 0 atom stereocenters. The Morgan fingerprint density at radius 3 is 2.46 bits per heavy atom. The van der Waals surface area contributed by atoms with Gasteiger partial charge in [-0.15, -0.1) is 0 Å². The summed E-state index contributed by atoms with van der Waals surface area (Å²) >= 11 is 6.52. The molecule has 1 aliphatic rings. The van der Waals surface area contributed by atoms with E-state index in [0.717, 1.165) is 4.57 Å². The van der Waals surface area contributed by atoms with Gasteiger partial charge >= 0.3 is 5.69 Å². The van der Waals surface area contributed by atoms with Gasteiger partial charge in [-0.2, -0.15) is 0 Å². The van der Waals surface area contributed by atoms with Crippen molar-refractivity contribution in [3.05, 3.63) is 109 Å². The number of nitro benzene ring substituents is 1. The van der Waals surface area contributed by atoms with Crippen molar-refractivity contribution in [3.63, 3.8) is 0 Å². The van der Waals surface area contributed by atoms with Gasteiger partial charge in [0.25, 0.3) is 17.5 Å². The first-order valence-corrected chi connectivity index (χ1v) is 15.0. The molecule has 0 radical (unpaired) electrons. The molecule has 3 N–H and O–H groups in total. The zero-order valence-electron chi connectivity index (χ0n) is 25.6. The fourth-order valence-electron chi connectivity index (χ4n) is 5.54. The summed E-state index contributed by atoms with van der Waals surface area (Å²) in [6.45, 7) is 2.97. The highest BCUT2D eigenvalue weighted by Crippen LogP contribution is 2.38. The van der Waals surface area contributed by atoms with Gasteiger partial charge in [0.2, 0.25) is 5.88 Å². The maximum atomic E-state index is 13.7. The Bertz CT molecular complexity index is 2100. The van der Waals surface area contributed by atoms with Crippen LogP contribution < -0.4 is 20.6 Å². The summed E-state index contributed by atoms with van der Waals surface area (Å²) in [4.78, 5) is 55.9. The summed E-state index contributed by atoms with van der Waals surface area (Å²) in [6, 6.07) is 15.7. The molecule has 2 amide bonds. The van der Waals surface area contributed by atoms with Crippen molar-refractivity contribution in [2.24, 2.45) is 0 Å². The van der Waals surface area contributed by atoms with Crippen LogP contribution in [0.25, 0.3) is 16.9 Å². The number of aromatic amines is 1. The van der Waals surface area contributed by atoms with E-state index in [4.69, 9.17) is 20.9 Å². The molecule has 0 aliphatic carbocycles. The number of methoxy groups -OCH3 is 1. The van der Waals surface area contributed by atoms with Crippen LogP contribution in [0.15, 0.2) is 76.2 Å². The van der Waals surface area contributed by atoms with Crippen molar-refractivity contribution >= 4 is 40.5 Å². The second-order valence-electron chi connectivity index (χ2n) is 10.8. The molecule has 1 saturated heterocycles. The fraction of sp³-hybridized carbons (Fsp3) is 0.188. The maximum absolute atomic E-state index is 13.7. The molecule has 6 rings (SSSR count). The lowest BCUT2D eigenvalue weighted by Crippen LogP contribution is -2.49. The number of para-hydroxylation sites is 1. The molecule has 5 aromatic rings. The summed E-state index contributed by atoms with van der Waals surface area (Å²) in [7, 11) is 1.53. The number of hydrogen-bond donors (Lipinski definition) is 3. The molecule has 3 heterocycles. The van der Waals surface area contributed by atoms with Crippen molar-refractivity contribution in [2.45, 2.75) is 6.92 Å². The third kappa shape index (κ3) is 6.05. The maximum Gasteiger partial charge on any atom is 0.332 e. The quantitative estimate of drug-likeness (QED) is 0.155. The minimum absolute atomic E-state index is 0.0692. The molecular formula is C32H28ClN7O8. The van der Waals surface area contributed by atoms with Gasteiger partial charge < -0.3 is 29.5 Å². The summed E-state index contributed by atoms with van der Waals surface area (Å²) in [5.74, 6) is -0.292. The first-order valence-electron chi connectivity index (χ1n) is 14.6. The number of anilines is 2. The number of imidazole rings is 1. The van der Waals surface area contributed by atoms with Crippen LogP contribution in [0, 0.1) is 17.0 Å². The van der Waals surface area contributed by atoms with Crippen molar-refractivity contribution in [1.82, 2.24) is 19.6 Å². The van der Waals surface area contributed by atoms with Gasteiger partial charge in [0, 0.05) is 43.4 Å². The van der Waals surface area contributed by atoms with Gasteiger partial charge in [-0.1, -0.05) is 28.9 Å². The number of nitrogens with zero attached hydrogens (tertiary/aromatic N) is 5. The minimum Gasteiger partial charge on any atom is -0.496 e. The number of aromatic nitrogens is 3. The van der Waals surface area contributed by atoms with Crippen molar-refractivity contribution in [3.8, 4) is 28.6 Å². The highest BCUT2D eigenvalue weighted by molar-refractivity contribution is 6.33. The van der Waals surface area contributed by atoms with Crippen molar-refractivity contribution < 1.29 is 28.9 Å². The summed E-state index contributed by atoms with van der Waals surface area (Å²) in [6.07, 6.45) is 1.20. The smallest absolute Gasteiger partial charge is 0.332 e. The van der Waals surface area contributed by atoms with E-state index in [-0.39, 0.29) is 28.1 Å². The number of hydrogen-bond acceptors (Lipinski definition) is 10. The number of halogens is 1. The van der Waals surface area contributed by atoms with Crippen LogP contribution in [0.1, 0.15) is 26.5 Å². The van der Waals surface area contributed by atoms with E-state index in [2.05, 4.69) is 15.5 Å². The third-order valence-electron chi connectivity index (χ3n) is 7.97. The Hall–Kier alpha value is -6.09. The van der Waals surface area contributed by atoms with Gasteiger partial charge in [0.1, 0.15) is 28.5 Å². The molecule has 1 aliphatic heterocycles. The van der Waals surface area contributed by atoms with Crippen LogP contribution in [0.2, 0.25) is 5.02 Å². The SMILES string of the molecule is COc1ccccc1-c1noc(C)c1C(=O)N1CCN(c2cc(NC(=O)c3ccc(-n4cc(O)[nH]c4=O)cc3)c([N+](=O)[O-])cc2Cl)CC1. The molecule has 0 spiro atoms. The van der Waals surface area contributed by atoms with Gasteiger partial charge in [-0.05, 0) is 49.4 Å². The van der Waals surface area contributed by atoms with E-state index in [9.17, 15) is 29.6 Å². The Kier molecular flexibility index (Phi) is 8.61. The molecule has 0 unspecified atom stereocenters. The van der Waals surface area contributed by atoms with Crippen LogP contribution in [0.5, 0.6) is 11.6 Å². The summed E-state index contributed by atoms with van der Waals surface area (Å²) < 4.78 is 12.0. The molecule has 0 bridgehead atoms. The topological polar surface area (TPSA) is 189 Å². The van der Waals surface area contributed by atoms with Gasteiger partial charge in [0.05, 0.1) is 34.6 Å². The van der Waals surface area contributed by atoms with Gasteiger partial charge in [-0.3, -0.25) is 29.3 Å². The first kappa shape index (κ1) is 31.9. The number of H-pyrrole nitrogens is 1. The van der Waals surface area contributed by atoms with Crippen LogP contribution in [0.3, 0.4) is 0 Å². The highest BCUT2D eigenvalue weighted by atomic mass is 35.5. The number of rotatable bonds is 8. The summed E-state index contributed by atoms with van der Waals surface area (Å²) in [5, 5.41) is 28.3. The predicted molar refractivity (Wildman–Crippen MR) is 175 cm³/mol. The number of benzene rings is 3. The number of nitrogens with one attached hydrogen (secondary N) is 2. The average molecular weight is 674 g/mol. The molecule has 246 valence electrons. The average Bonchev–Trinajstić information content (AvgIpc) is 3.65. The highest BCUT2D eigenvalue weighted by Gasteiger charge is 2.31. The second-order valence-corrected chi connectivity index (χ2v) is 11.2. The predicted octanol–water partition coefficient (Wildman–Crippen LogP) is 4.62. The van der Waals surface area contributed by atoms with Crippen LogP contribution in [-0.4, -0.2) is 74.7 Å². The molecule has 15 nitrogen and oxygen atoms in total. The molecule has 0 saturated carbocycles. The molecular weight excluding hydrogens is 646 g/mol. The van der Waals surface area contributed by atoms with Gasteiger partial charge in [-0.25, -0.2) is 4.79 Å². The van der Waals surface area contributed by atoms with Gasteiger partial charge in [0.15, 0.2) is 0 Å². The normalized spacial score (nSPS) is 13.0. The van der Waals surface area contributed by atoms with Crippen molar-refractivity contribution in [2.75, 3.05) is 43.5 Å². The number of carbonyl (C=O) groups is 2. The van der Waals surface area contributed by atoms with E-state index in [1.807, 2.05) is 17.0 Å². The monoisotopic (exact) mass is 673 g/mol. The van der Waals surface area contributed by atoms with Crippen LogP contribution >= 0.6 is 11.6 Å². The Morgan fingerprint density at radius 2 is 1.81 bits per heavy atom. The zero-order valence-corrected chi connectivity index (χ0v) is 26.4. The fourth-order valence-corrected chi connectivity index (χ4v) is 5.82. The number of aryl methyl sites for hydroxylation is 1. The van der Waals surface area contributed by atoms with E-state index in [1.165, 1.54) is 49.7 Å². The molecule has 1 fully saturated rings. The zero-order chi connectivity index (χ0) is 34.1. The van der Waals surface area contributed by atoms with Crippen LogP contribution in [0.4, 0.5) is 17.1 Å². The number of piperazine rings is 1. The number of amides is 2. The Morgan fingerprint density at radius 1 is 1.10 bits per heavy atom. The van der Waals surface area contributed by atoms with Crippen molar-refractivity contribution in [1.29, 1.82) is 0 Å². The lowest BCUT2D eigenvalue weighted by Gasteiger charge is -2.36. The van der Waals surface area contributed by atoms with Crippen LogP contribution in [-0.2, 0) is 0 Å². The first-order chi connectivity index (χ1) is 23.0. The lowest BCUT2D eigenvalue weighted by atomic mass is 10.0.